The van der Waals surface area contributed by atoms with E-state index in [2.05, 4.69) is 15.7 Å². The van der Waals surface area contributed by atoms with E-state index in [4.69, 9.17) is 0 Å². The Morgan fingerprint density at radius 3 is 2.54 bits per heavy atom. The second-order valence-electron chi connectivity index (χ2n) is 6.04. The second kappa shape index (κ2) is 8.05. The molecule has 2 aromatic carbocycles. The lowest BCUT2D eigenvalue weighted by Crippen LogP contribution is -2.33. The molecule has 0 bridgehead atoms. The van der Waals surface area contributed by atoms with Crippen LogP contribution in [0, 0.1) is 0 Å². The Labute approximate surface area is 155 Å². The number of rotatable bonds is 6. The van der Waals surface area contributed by atoms with Crippen molar-refractivity contribution >= 4 is 34.3 Å². The van der Waals surface area contributed by atoms with Gasteiger partial charge in [0.05, 0.1) is 22.3 Å². The van der Waals surface area contributed by atoms with Crippen molar-refractivity contribution in [3.05, 3.63) is 65.0 Å². The Morgan fingerprint density at radius 1 is 1.12 bits per heavy atom. The highest BCUT2D eigenvalue weighted by molar-refractivity contribution is 7.99. The van der Waals surface area contributed by atoms with Crippen molar-refractivity contribution in [1.82, 2.24) is 15.0 Å². The normalized spacial score (nSPS) is 10.9. The molecule has 2 N–H and O–H groups in total. The van der Waals surface area contributed by atoms with Gasteiger partial charge in [-0.2, -0.15) is 4.68 Å². The van der Waals surface area contributed by atoms with E-state index in [1.54, 1.807) is 18.2 Å². The third-order valence-corrected chi connectivity index (χ3v) is 4.48. The molecule has 1 heterocycles. The number of carbonyl (C=O) groups is 1. The minimum absolute atomic E-state index is 0.0669. The van der Waals surface area contributed by atoms with Crippen molar-refractivity contribution in [2.45, 2.75) is 25.0 Å². The molecule has 7 heteroatoms. The average molecular weight is 368 g/mol. The maximum atomic E-state index is 12.9. The number of hydrogen-bond donors (Lipinski definition) is 2. The predicted octanol–water partition coefficient (Wildman–Crippen LogP) is 2.89. The Bertz CT molecular complexity index is 970. The highest BCUT2D eigenvalue weighted by atomic mass is 32.2. The maximum Gasteiger partial charge on any atom is 0.280 e. The van der Waals surface area contributed by atoms with Crippen LogP contribution in [0.5, 0.6) is 0 Å². The fourth-order valence-corrected chi connectivity index (χ4v) is 3.21. The largest absolute Gasteiger partial charge is 0.353 e. The zero-order valence-corrected chi connectivity index (χ0v) is 15.4. The summed E-state index contributed by atoms with van der Waals surface area (Å²) in [6.07, 6.45) is 0. The number of thioether (sulfide) groups is 1. The molecule has 1 aromatic heterocycles. The molecular formula is C19H20N4O2S. The number of aromatic nitrogens is 2. The maximum absolute atomic E-state index is 12.9. The van der Waals surface area contributed by atoms with Gasteiger partial charge in [-0.3, -0.25) is 15.0 Å². The lowest BCUT2D eigenvalue weighted by molar-refractivity contribution is -0.119. The molecule has 0 aliphatic rings. The number of fused-ring (bicyclic) bond motifs is 1. The third kappa shape index (κ3) is 4.23. The number of hydrogen-bond acceptors (Lipinski definition) is 5. The molecule has 0 saturated heterocycles. The standard InChI is InChI=1S/C19H20N4O2S/c1-13(2)20-17(24)12-26-19-21-16-11-7-6-10-15(16)18(25)23(19)22-14-8-4-3-5-9-14/h3-11,13,22H,12H2,1-2H3,(H,20,24). The highest BCUT2D eigenvalue weighted by Gasteiger charge is 2.14. The highest BCUT2D eigenvalue weighted by Crippen LogP contribution is 2.18. The van der Waals surface area contributed by atoms with Gasteiger partial charge in [-0.1, -0.05) is 42.1 Å². The third-order valence-electron chi connectivity index (χ3n) is 3.54. The topological polar surface area (TPSA) is 76.0 Å². The molecule has 0 fully saturated rings. The van der Waals surface area contributed by atoms with E-state index in [0.29, 0.717) is 16.1 Å². The zero-order valence-electron chi connectivity index (χ0n) is 14.6. The van der Waals surface area contributed by atoms with E-state index >= 15 is 0 Å². The molecule has 0 atom stereocenters. The number of nitrogens with one attached hydrogen (secondary N) is 2. The predicted molar refractivity (Wildman–Crippen MR) is 105 cm³/mol. The molecule has 3 aromatic rings. The summed E-state index contributed by atoms with van der Waals surface area (Å²) in [5.41, 5.74) is 4.25. The quantitative estimate of drug-likeness (QED) is 0.517. The summed E-state index contributed by atoms with van der Waals surface area (Å²) in [5.74, 6) is 0.0815. The summed E-state index contributed by atoms with van der Waals surface area (Å²) in [4.78, 5) is 29.5. The molecule has 3 rings (SSSR count). The van der Waals surface area contributed by atoms with Gasteiger partial charge in [0.15, 0.2) is 5.16 Å². The Balaban J connectivity index is 1.97. The minimum atomic E-state index is -0.203. The summed E-state index contributed by atoms with van der Waals surface area (Å²) >= 11 is 1.22. The summed E-state index contributed by atoms with van der Waals surface area (Å²) in [6.45, 7) is 3.81. The zero-order chi connectivity index (χ0) is 18.5. The molecule has 0 saturated carbocycles. The van der Waals surface area contributed by atoms with Crippen molar-refractivity contribution in [2.75, 3.05) is 11.2 Å². The van der Waals surface area contributed by atoms with Gasteiger partial charge in [0.1, 0.15) is 0 Å². The van der Waals surface area contributed by atoms with Crippen molar-refractivity contribution in [2.24, 2.45) is 0 Å². The van der Waals surface area contributed by atoms with E-state index in [0.717, 1.165) is 5.69 Å². The Morgan fingerprint density at radius 2 is 1.81 bits per heavy atom. The van der Waals surface area contributed by atoms with Crippen LogP contribution in [0.2, 0.25) is 0 Å². The van der Waals surface area contributed by atoms with Crippen LogP contribution in [-0.2, 0) is 4.79 Å². The van der Waals surface area contributed by atoms with Gasteiger partial charge >= 0.3 is 0 Å². The molecule has 134 valence electrons. The van der Waals surface area contributed by atoms with Crippen LogP contribution in [0.15, 0.2) is 64.5 Å². The first-order chi connectivity index (χ1) is 12.5. The van der Waals surface area contributed by atoms with Crippen LogP contribution in [0.1, 0.15) is 13.8 Å². The van der Waals surface area contributed by atoms with Gasteiger partial charge in [0, 0.05) is 6.04 Å². The van der Waals surface area contributed by atoms with Crippen LogP contribution in [-0.4, -0.2) is 27.4 Å². The molecule has 0 unspecified atom stereocenters. The van der Waals surface area contributed by atoms with Gasteiger partial charge in [-0.25, -0.2) is 4.98 Å². The molecule has 0 spiro atoms. The average Bonchev–Trinajstić information content (AvgIpc) is 2.63. The Hall–Kier alpha value is -2.80. The van der Waals surface area contributed by atoms with E-state index in [-0.39, 0.29) is 23.3 Å². The number of benzene rings is 2. The lowest BCUT2D eigenvalue weighted by atomic mass is 10.2. The number of anilines is 1. The summed E-state index contributed by atoms with van der Waals surface area (Å²) in [7, 11) is 0. The first-order valence-corrected chi connectivity index (χ1v) is 9.29. The second-order valence-corrected chi connectivity index (χ2v) is 6.98. The number of amides is 1. The monoisotopic (exact) mass is 368 g/mol. The molecule has 0 aliphatic heterocycles. The van der Waals surface area contributed by atoms with Crippen LogP contribution < -0.4 is 16.3 Å². The fourth-order valence-electron chi connectivity index (χ4n) is 2.44. The van der Waals surface area contributed by atoms with Crippen LogP contribution >= 0.6 is 11.8 Å². The van der Waals surface area contributed by atoms with Crippen molar-refractivity contribution < 1.29 is 4.79 Å². The van der Waals surface area contributed by atoms with Crippen LogP contribution in [0.25, 0.3) is 10.9 Å². The van der Waals surface area contributed by atoms with Crippen molar-refractivity contribution in [1.29, 1.82) is 0 Å². The molecule has 0 radical (unpaired) electrons. The van der Waals surface area contributed by atoms with E-state index in [9.17, 15) is 9.59 Å². The molecule has 1 amide bonds. The number of para-hydroxylation sites is 2. The van der Waals surface area contributed by atoms with Gasteiger partial charge in [-0.05, 0) is 38.1 Å². The van der Waals surface area contributed by atoms with E-state index in [1.165, 1.54) is 16.4 Å². The summed E-state index contributed by atoms with van der Waals surface area (Å²) in [5, 5.41) is 3.80. The smallest absolute Gasteiger partial charge is 0.280 e. The van der Waals surface area contributed by atoms with Crippen molar-refractivity contribution in [3.8, 4) is 0 Å². The first-order valence-electron chi connectivity index (χ1n) is 8.30. The molecular weight excluding hydrogens is 348 g/mol. The number of carbonyl (C=O) groups excluding carboxylic acids is 1. The minimum Gasteiger partial charge on any atom is -0.353 e. The van der Waals surface area contributed by atoms with E-state index in [1.807, 2.05) is 50.2 Å². The van der Waals surface area contributed by atoms with E-state index < -0.39 is 0 Å². The van der Waals surface area contributed by atoms with Crippen molar-refractivity contribution in [3.63, 3.8) is 0 Å². The van der Waals surface area contributed by atoms with Gasteiger partial charge in [0.25, 0.3) is 5.56 Å². The SMILES string of the molecule is CC(C)NC(=O)CSc1nc2ccccc2c(=O)n1Nc1ccccc1. The van der Waals surface area contributed by atoms with Gasteiger partial charge < -0.3 is 5.32 Å². The molecule has 0 aliphatic carbocycles. The van der Waals surface area contributed by atoms with Crippen LogP contribution in [0.4, 0.5) is 5.69 Å². The first kappa shape index (κ1) is 18.0. The molecule has 26 heavy (non-hydrogen) atoms. The summed E-state index contributed by atoms with van der Waals surface area (Å²) in [6, 6.07) is 16.6. The Kier molecular flexibility index (Phi) is 5.58. The van der Waals surface area contributed by atoms with Gasteiger partial charge in [-0.15, -0.1) is 0 Å². The lowest BCUT2D eigenvalue weighted by Gasteiger charge is -2.15. The fraction of sp³-hybridized carbons (Fsp3) is 0.211. The van der Waals surface area contributed by atoms with Crippen LogP contribution in [0.3, 0.4) is 0 Å². The molecule has 6 nitrogen and oxygen atoms in total. The summed E-state index contributed by atoms with van der Waals surface area (Å²) < 4.78 is 1.39. The number of nitrogens with zero attached hydrogens (tertiary/aromatic N) is 2. The van der Waals surface area contributed by atoms with Gasteiger partial charge in [0.2, 0.25) is 5.91 Å².